The van der Waals surface area contributed by atoms with E-state index in [0.717, 1.165) is 11.1 Å². The second kappa shape index (κ2) is 5.40. The average molecular weight is 188 g/mol. The van der Waals surface area contributed by atoms with Gasteiger partial charge in [-0.1, -0.05) is 43.0 Å². The number of benzene rings is 1. The molecule has 1 heteroatoms. The molecule has 14 heavy (non-hydrogen) atoms. The molecule has 0 radical (unpaired) electrons. The first-order valence-electron chi connectivity index (χ1n) is 4.68. The van der Waals surface area contributed by atoms with Crippen LogP contribution in [0.4, 0.5) is 0 Å². The predicted octanol–water partition coefficient (Wildman–Crippen LogP) is 3.51. The van der Waals surface area contributed by atoms with E-state index in [2.05, 4.69) is 13.2 Å². The van der Waals surface area contributed by atoms with Crippen LogP contribution in [0.15, 0.2) is 55.1 Å². The van der Waals surface area contributed by atoms with E-state index < -0.39 is 0 Å². The lowest BCUT2D eigenvalue weighted by Gasteiger charge is -2.17. The molecule has 1 aromatic carbocycles. The normalized spacial score (nSPS) is 12.1. The lowest BCUT2D eigenvalue weighted by atomic mass is 10.0. The first-order valence-corrected chi connectivity index (χ1v) is 4.68. The minimum atomic E-state index is -0.0193. The summed E-state index contributed by atoms with van der Waals surface area (Å²) in [4.78, 5) is 0. The summed E-state index contributed by atoms with van der Waals surface area (Å²) in [6.07, 6.45) is 1.73. The Hall–Kier alpha value is -1.34. The van der Waals surface area contributed by atoms with Crippen LogP contribution in [0.3, 0.4) is 0 Å². The summed E-state index contributed by atoms with van der Waals surface area (Å²) < 4.78 is 5.62. The second-order valence-electron chi connectivity index (χ2n) is 3.26. The van der Waals surface area contributed by atoms with Gasteiger partial charge in [-0.25, -0.2) is 0 Å². The summed E-state index contributed by atoms with van der Waals surface area (Å²) in [7, 11) is 0. The third-order valence-corrected chi connectivity index (χ3v) is 1.93. The van der Waals surface area contributed by atoms with Crippen LogP contribution in [0.2, 0.25) is 0 Å². The van der Waals surface area contributed by atoms with E-state index >= 15 is 0 Å². The van der Waals surface area contributed by atoms with Crippen molar-refractivity contribution in [1.29, 1.82) is 0 Å². The molecule has 1 nitrogen and oxygen atoms in total. The fraction of sp³-hybridized carbons (Fsp3) is 0.231. The van der Waals surface area contributed by atoms with Gasteiger partial charge in [0.2, 0.25) is 0 Å². The van der Waals surface area contributed by atoms with Crippen LogP contribution < -0.4 is 0 Å². The van der Waals surface area contributed by atoms with E-state index in [1.165, 1.54) is 0 Å². The highest BCUT2D eigenvalue weighted by atomic mass is 16.5. The Bertz CT molecular complexity index is 300. The molecule has 74 valence electrons. The first-order chi connectivity index (χ1) is 6.75. The molecule has 0 saturated heterocycles. The van der Waals surface area contributed by atoms with Crippen molar-refractivity contribution in [3.05, 3.63) is 60.7 Å². The van der Waals surface area contributed by atoms with Gasteiger partial charge in [-0.05, 0) is 18.1 Å². The zero-order valence-electron chi connectivity index (χ0n) is 8.57. The molecule has 1 rings (SSSR count). The molecule has 0 unspecified atom stereocenters. The van der Waals surface area contributed by atoms with Gasteiger partial charge >= 0.3 is 0 Å². The number of hydrogen-bond donors (Lipinski definition) is 0. The van der Waals surface area contributed by atoms with Gasteiger partial charge in [0.05, 0.1) is 6.61 Å². The Morgan fingerprint density at radius 1 is 1.43 bits per heavy atom. The largest absolute Gasteiger partial charge is 0.365 e. The van der Waals surface area contributed by atoms with Crippen molar-refractivity contribution in [2.24, 2.45) is 0 Å². The lowest BCUT2D eigenvalue weighted by molar-refractivity contribution is 0.102. The van der Waals surface area contributed by atoms with E-state index in [0.29, 0.717) is 6.61 Å². The molecule has 1 aromatic rings. The van der Waals surface area contributed by atoms with Crippen molar-refractivity contribution < 1.29 is 4.74 Å². The first kappa shape index (κ1) is 10.7. The predicted molar refractivity (Wildman–Crippen MR) is 60.1 cm³/mol. The average Bonchev–Trinajstić information content (AvgIpc) is 2.19. The lowest BCUT2D eigenvalue weighted by Crippen LogP contribution is -2.05. The molecular formula is C13H16O. The molecule has 0 saturated carbocycles. The van der Waals surface area contributed by atoms with Crippen LogP contribution in [0, 0.1) is 0 Å². The highest BCUT2D eigenvalue weighted by Crippen LogP contribution is 2.23. The Morgan fingerprint density at radius 3 is 2.57 bits per heavy atom. The molecule has 0 aromatic heterocycles. The molecule has 0 bridgehead atoms. The van der Waals surface area contributed by atoms with E-state index in [4.69, 9.17) is 4.74 Å². The topological polar surface area (TPSA) is 9.23 Å². The molecule has 0 aliphatic heterocycles. The summed E-state index contributed by atoms with van der Waals surface area (Å²) in [6, 6.07) is 10.1. The van der Waals surface area contributed by atoms with Crippen LogP contribution in [-0.4, -0.2) is 6.61 Å². The third-order valence-electron chi connectivity index (χ3n) is 1.93. The van der Waals surface area contributed by atoms with E-state index in [9.17, 15) is 0 Å². The molecule has 0 amide bonds. The van der Waals surface area contributed by atoms with Gasteiger partial charge in [0, 0.05) is 0 Å². The van der Waals surface area contributed by atoms with Crippen LogP contribution in [0.25, 0.3) is 0 Å². The van der Waals surface area contributed by atoms with Crippen molar-refractivity contribution in [1.82, 2.24) is 0 Å². The molecule has 1 atom stereocenters. The molecule has 0 spiro atoms. The highest BCUT2D eigenvalue weighted by molar-refractivity contribution is 5.24. The highest BCUT2D eigenvalue weighted by Gasteiger charge is 2.10. The SMILES string of the molecule is C=CCO[C@@H](C(=C)C)c1ccccc1. The van der Waals surface area contributed by atoms with Crippen molar-refractivity contribution in [3.63, 3.8) is 0 Å². The Balaban J connectivity index is 2.78. The minimum Gasteiger partial charge on any atom is -0.365 e. The van der Waals surface area contributed by atoms with Crippen molar-refractivity contribution in [2.45, 2.75) is 13.0 Å². The third kappa shape index (κ3) is 2.86. The summed E-state index contributed by atoms with van der Waals surface area (Å²) in [6.45, 7) is 10.1. The van der Waals surface area contributed by atoms with E-state index in [1.54, 1.807) is 6.08 Å². The summed E-state index contributed by atoms with van der Waals surface area (Å²) >= 11 is 0. The van der Waals surface area contributed by atoms with Gasteiger partial charge < -0.3 is 4.74 Å². The van der Waals surface area contributed by atoms with Crippen LogP contribution in [0.5, 0.6) is 0 Å². The maximum atomic E-state index is 5.62. The molecule has 0 aliphatic rings. The van der Waals surface area contributed by atoms with Gasteiger partial charge in [-0.2, -0.15) is 0 Å². The molecule has 0 fully saturated rings. The van der Waals surface area contributed by atoms with Gasteiger partial charge in [0.1, 0.15) is 6.10 Å². The molecule has 0 aliphatic carbocycles. The standard InChI is InChI=1S/C13H16O/c1-4-10-14-13(11(2)3)12-8-6-5-7-9-12/h4-9,13H,1-2,10H2,3H3/t13-/m0/s1. The minimum absolute atomic E-state index is 0.0193. The van der Waals surface area contributed by atoms with E-state index in [1.807, 2.05) is 37.3 Å². The van der Waals surface area contributed by atoms with Gasteiger partial charge in [0.15, 0.2) is 0 Å². The molecule has 0 heterocycles. The number of hydrogen-bond acceptors (Lipinski definition) is 1. The van der Waals surface area contributed by atoms with Gasteiger partial charge in [-0.3, -0.25) is 0 Å². The number of ether oxygens (including phenoxy) is 1. The number of rotatable bonds is 5. The molecule has 0 N–H and O–H groups in total. The zero-order valence-corrected chi connectivity index (χ0v) is 8.57. The van der Waals surface area contributed by atoms with Crippen LogP contribution in [-0.2, 0) is 4.74 Å². The maximum Gasteiger partial charge on any atom is 0.103 e. The Labute approximate surface area is 85.7 Å². The summed E-state index contributed by atoms with van der Waals surface area (Å²) in [5.41, 5.74) is 2.15. The maximum absolute atomic E-state index is 5.62. The van der Waals surface area contributed by atoms with Gasteiger partial charge in [-0.15, -0.1) is 6.58 Å². The van der Waals surface area contributed by atoms with Crippen molar-refractivity contribution in [2.75, 3.05) is 6.61 Å². The second-order valence-corrected chi connectivity index (χ2v) is 3.26. The van der Waals surface area contributed by atoms with Crippen molar-refractivity contribution >= 4 is 0 Å². The summed E-state index contributed by atoms with van der Waals surface area (Å²) in [5.74, 6) is 0. The van der Waals surface area contributed by atoms with Gasteiger partial charge in [0.25, 0.3) is 0 Å². The summed E-state index contributed by atoms with van der Waals surface area (Å²) in [5, 5.41) is 0. The molecular weight excluding hydrogens is 172 g/mol. The quantitative estimate of drug-likeness (QED) is 0.642. The zero-order chi connectivity index (χ0) is 10.4. The monoisotopic (exact) mass is 188 g/mol. The van der Waals surface area contributed by atoms with Crippen molar-refractivity contribution in [3.8, 4) is 0 Å². The fourth-order valence-electron chi connectivity index (χ4n) is 1.32. The van der Waals surface area contributed by atoms with Crippen LogP contribution in [0.1, 0.15) is 18.6 Å². The Kier molecular flexibility index (Phi) is 4.14. The smallest absolute Gasteiger partial charge is 0.103 e. The van der Waals surface area contributed by atoms with Crippen LogP contribution >= 0.6 is 0 Å². The fourth-order valence-corrected chi connectivity index (χ4v) is 1.32. The Morgan fingerprint density at radius 2 is 2.07 bits per heavy atom. The van der Waals surface area contributed by atoms with E-state index in [-0.39, 0.29) is 6.10 Å².